The molecule has 0 fully saturated rings. The fourth-order valence-corrected chi connectivity index (χ4v) is 1.29. The summed E-state index contributed by atoms with van der Waals surface area (Å²) in [5.74, 6) is -0.712. The molecule has 0 spiro atoms. The minimum Gasteiger partial charge on any atom is -0.481 e. The fraction of sp³-hybridized carbons (Fsp3) is 0.273. The predicted molar refractivity (Wildman–Crippen MR) is 67.0 cm³/mol. The standard InChI is InChI=1S/C11H12BrFN2O2/c1-3-17-10(16)4-7(2)15-8-5-9(13)11(12)14-6-8/h4-6,16H,3H2,1-2H3/b10-4+,15-7-. The summed E-state index contributed by atoms with van der Waals surface area (Å²) < 4.78 is 18.1. The average Bonchev–Trinajstić information content (AvgIpc) is 2.23. The molecule has 0 bridgehead atoms. The third-order valence-electron chi connectivity index (χ3n) is 1.71. The number of allylic oxidation sites excluding steroid dienone is 1. The highest BCUT2D eigenvalue weighted by atomic mass is 79.9. The topological polar surface area (TPSA) is 54.7 Å². The molecule has 0 atom stereocenters. The molecular formula is C11H12BrFN2O2. The molecule has 0 amide bonds. The summed E-state index contributed by atoms with van der Waals surface area (Å²) >= 11 is 2.95. The zero-order valence-corrected chi connectivity index (χ0v) is 11.0. The number of aliphatic hydroxyl groups is 1. The molecular weight excluding hydrogens is 291 g/mol. The number of nitrogens with zero attached hydrogens (tertiary/aromatic N) is 2. The first-order valence-electron chi connectivity index (χ1n) is 4.92. The van der Waals surface area contributed by atoms with E-state index in [9.17, 15) is 9.50 Å². The van der Waals surface area contributed by atoms with Crippen LogP contribution in [-0.4, -0.2) is 22.4 Å². The molecule has 6 heteroatoms. The summed E-state index contributed by atoms with van der Waals surface area (Å²) in [4.78, 5) is 7.83. The maximum atomic E-state index is 13.1. The van der Waals surface area contributed by atoms with Crippen LogP contribution in [0.5, 0.6) is 0 Å². The van der Waals surface area contributed by atoms with E-state index in [-0.39, 0.29) is 10.5 Å². The Bertz CT molecular complexity index is 461. The largest absolute Gasteiger partial charge is 0.481 e. The van der Waals surface area contributed by atoms with Gasteiger partial charge in [0.25, 0.3) is 5.95 Å². The fourth-order valence-electron chi connectivity index (χ4n) is 1.08. The molecule has 17 heavy (non-hydrogen) atoms. The van der Waals surface area contributed by atoms with Crippen molar-refractivity contribution in [2.75, 3.05) is 6.61 Å². The van der Waals surface area contributed by atoms with Gasteiger partial charge in [0.2, 0.25) is 0 Å². The van der Waals surface area contributed by atoms with Crippen molar-refractivity contribution in [2.45, 2.75) is 13.8 Å². The smallest absolute Gasteiger partial charge is 0.278 e. The third kappa shape index (κ3) is 4.52. The SMILES string of the molecule is CCO/C(O)=C/C(C)=N\c1cnc(Br)c(F)c1. The maximum absolute atomic E-state index is 13.1. The molecule has 1 N–H and O–H groups in total. The lowest BCUT2D eigenvalue weighted by Crippen LogP contribution is -1.94. The van der Waals surface area contributed by atoms with E-state index in [0.717, 1.165) is 0 Å². The van der Waals surface area contributed by atoms with Gasteiger partial charge in [0.1, 0.15) is 4.60 Å². The second-order valence-electron chi connectivity index (χ2n) is 3.13. The highest BCUT2D eigenvalue weighted by molar-refractivity contribution is 9.10. The van der Waals surface area contributed by atoms with Gasteiger partial charge in [0.05, 0.1) is 18.5 Å². The van der Waals surface area contributed by atoms with Crippen LogP contribution in [0.4, 0.5) is 10.1 Å². The van der Waals surface area contributed by atoms with Crippen LogP contribution in [0.2, 0.25) is 0 Å². The lowest BCUT2D eigenvalue weighted by molar-refractivity contribution is 0.103. The Hall–Kier alpha value is -1.43. The molecule has 0 radical (unpaired) electrons. The first kappa shape index (κ1) is 13.6. The third-order valence-corrected chi connectivity index (χ3v) is 2.30. The van der Waals surface area contributed by atoms with Crippen LogP contribution >= 0.6 is 15.9 Å². The Balaban J connectivity index is 2.87. The van der Waals surface area contributed by atoms with Crippen LogP contribution in [0.15, 0.2) is 33.9 Å². The Morgan fingerprint density at radius 2 is 2.41 bits per heavy atom. The molecule has 1 rings (SSSR count). The average molecular weight is 303 g/mol. The van der Waals surface area contributed by atoms with Crippen molar-refractivity contribution in [1.82, 2.24) is 4.98 Å². The number of pyridine rings is 1. The predicted octanol–water partition coefficient (Wildman–Crippen LogP) is 3.51. The number of hydrogen-bond donors (Lipinski definition) is 1. The monoisotopic (exact) mass is 302 g/mol. The molecule has 0 aliphatic heterocycles. The van der Waals surface area contributed by atoms with Gasteiger partial charge in [0, 0.05) is 17.9 Å². The van der Waals surface area contributed by atoms with Crippen molar-refractivity contribution < 1.29 is 14.2 Å². The highest BCUT2D eigenvalue weighted by Crippen LogP contribution is 2.18. The van der Waals surface area contributed by atoms with Gasteiger partial charge in [0.15, 0.2) is 5.82 Å². The van der Waals surface area contributed by atoms with Gasteiger partial charge in [-0.25, -0.2) is 9.37 Å². The van der Waals surface area contributed by atoms with Crippen LogP contribution in [0.25, 0.3) is 0 Å². The number of rotatable bonds is 4. The Labute approximate surface area is 107 Å². The van der Waals surface area contributed by atoms with Gasteiger partial charge in [-0.3, -0.25) is 4.99 Å². The minimum atomic E-state index is -0.489. The van der Waals surface area contributed by atoms with Crippen molar-refractivity contribution in [3.8, 4) is 0 Å². The van der Waals surface area contributed by atoms with E-state index >= 15 is 0 Å². The van der Waals surface area contributed by atoms with Gasteiger partial charge in [-0.2, -0.15) is 0 Å². The lowest BCUT2D eigenvalue weighted by atomic mass is 10.3. The first-order valence-corrected chi connectivity index (χ1v) is 5.72. The number of aliphatic imine (C=N–C) groups is 1. The van der Waals surface area contributed by atoms with E-state index in [1.807, 2.05) is 0 Å². The zero-order valence-electron chi connectivity index (χ0n) is 9.44. The molecule has 1 aromatic rings. The molecule has 0 saturated heterocycles. The summed E-state index contributed by atoms with van der Waals surface area (Å²) in [7, 11) is 0. The van der Waals surface area contributed by atoms with Crippen molar-refractivity contribution in [3.63, 3.8) is 0 Å². The second kappa shape index (κ2) is 6.34. The van der Waals surface area contributed by atoms with Crippen molar-refractivity contribution in [1.29, 1.82) is 0 Å². The van der Waals surface area contributed by atoms with E-state index in [1.54, 1.807) is 13.8 Å². The molecule has 1 aromatic heterocycles. The second-order valence-corrected chi connectivity index (χ2v) is 3.89. The van der Waals surface area contributed by atoms with Crippen LogP contribution < -0.4 is 0 Å². The van der Waals surface area contributed by atoms with Crippen LogP contribution in [0.3, 0.4) is 0 Å². The van der Waals surface area contributed by atoms with E-state index in [0.29, 0.717) is 18.0 Å². The molecule has 0 aliphatic carbocycles. The summed E-state index contributed by atoms with van der Waals surface area (Å²) in [6.45, 7) is 3.78. The highest BCUT2D eigenvalue weighted by Gasteiger charge is 2.01. The van der Waals surface area contributed by atoms with Crippen LogP contribution in [0, 0.1) is 5.82 Å². The number of aromatic nitrogens is 1. The number of aliphatic hydroxyl groups excluding tert-OH is 1. The molecule has 0 unspecified atom stereocenters. The van der Waals surface area contributed by atoms with E-state index < -0.39 is 5.82 Å². The van der Waals surface area contributed by atoms with Crippen molar-refractivity contribution in [3.05, 3.63) is 34.7 Å². The summed E-state index contributed by atoms with van der Waals surface area (Å²) in [6, 6.07) is 1.24. The summed E-state index contributed by atoms with van der Waals surface area (Å²) in [6.07, 6.45) is 2.77. The normalized spacial score (nSPS) is 12.7. The van der Waals surface area contributed by atoms with Gasteiger partial charge < -0.3 is 9.84 Å². The van der Waals surface area contributed by atoms with E-state index in [4.69, 9.17) is 4.74 Å². The molecule has 0 aliphatic rings. The van der Waals surface area contributed by atoms with Gasteiger partial charge in [-0.15, -0.1) is 0 Å². The van der Waals surface area contributed by atoms with Crippen LogP contribution in [-0.2, 0) is 4.74 Å². The number of halogens is 2. The van der Waals surface area contributed by atoms with Gasteiger partial charge >= 0.3 is 0 Å². The maximum Gasteiger partial charge on any atom is 0.278 e. The van der Waals surface area contributed by atoms with E-state index in [1.165, 1.54) is 18.3 Å². The van der Waals surface area contributed by atoms with E-state index in [2.05, 4.69) is 25.9 Å². The molecule has 0 aromatic carbocycles. The molecule has 4 nitrogen and oxygen atoms in total. The zero-order chi connectivity index (χ0) is 12.8. The molecule has 1 heterocycles. The van der Waals surface area contributed by atoms with Crippen molar-refractivity contribution >= 4 is 27.3 Å². The summed E-state index contributed by atoms with van der Waals surface area (Å²) in [5, 5.41) is 9.26. The van der Waals surface area contributed by atoms with Gasteiger partial charge in [-0.1, -0.05) is 0 Å². The Morgan fingerprint density at radius 1 is 1.71 bits per heavy atom. The Kier molecular flexibility index (Phi) is 5.09. The Morgan fingerprint density at radius 3 is 3.00 bits per heavy atom. The first-order chi connectivity index (χ1) is 8.02. The van der Waals surface area contributed by atoms with Crippen LogP contribution in [0.1, 0.15) is 13.8 Å². The summed E-state index contributed by atoms with van der Waals surface area (Å²) in [5.41, 5.74) is 0.850. The molecule has 0 saturated carbocycles. The number of hydrogen-bond acceptors (Lipinski definition) is 4. The minimum absolute atomic E-state index is 0.141. The van der Waals surface area contributed by atoms with Crippen molar-refractivity contribution in [2.24, 2.45) is 4.99 Å². The lowest BCUT2D eigenvalue weighted by Gasteiger charge is -2.00. The quantitative estimate of drug-likeness (QED) is 0.526. The van der Waals surface area contributed by atoms with Gasteiger partial charge in [-0.05, 0) is 29.8 Å². The molecule has 92 valence electrons. The number of ether oxygens (including phenoxy) is 1.